The molecular formula is C38H53N3O3. The van der Waals surface area contributed by atoms with Gasteiger partial charge in [0.05, 0.1) is 6.04 Å². The second-order valence-electron chi connectivity index (χ2n) is 14.4. The molecule has 0 aliphatic heterocycles. The van der Waals surface area contributed by atoms with Crippen LogP contribution in [0.5, 0.6) is 5.75 Å². The van der Waals surface area contributed by atoms with Gasteiger partial charge in [-0.1, -0.05) is 101 Å². The van der Waals surface area contributed by atoms with Gasteiger partial charge < -0.3 is 15.4 Å². The number of benzene rings is 3. The van der Waals surface area contributed by atoms with Crippen molar-refractivity contribution in [3.63, 3.8) is 0 Å². The second kappa shape index (κ2) is 14.9. The van der Waals surface area contributed by atoms with Crippen LogP contribution in [0.25, 0.3) is 0 Å². The van der Waals surface area contributed by atoms with Crippen molar-refractivity contribution < 1.29 is 14.3 Å². The van der Waals surface area contributed by atoms with Crippen LogP contribution in [0.15, 0.2) is 78.9 Å². The molecule has 0 saturated heterocycles. The zero-order valence-electron chi connectivity index (χ0n) is 28.3. The zero-order chi connectivity index (χ0) is 32.7. The summed E-state index contributed by atoms with van der Waals surface area (Å²) in [6.07, 6.45) is 0.991. The average Bonchev–Trinajstić information content (AvgIpc) is 2.94. The predicted octanol–water partition coefficient (Wildman–Crippen LogP) is 7.13. The smallest absolute Gasteiger partial charge is 0.241 e. The van der Waals surface area contributed by atoms with Crippen molar-refractivity contribution in [2.45, 2.75) is 104 Å². The van der Waals surface area contributed by atoms with Gasteiger partial charge in [-0.15, -0.1) is 0 Å². The molecule has 2 atom stereocenters. The number of rotatable bonds is 13. The van der Waals surface area contributed by atoms with Crippen LogP contribution in [0.3, 0.4) is 0 Å². The number of amides is 2. The molecule has 3 rings (SSSR count). The van der Waals surface area contributed by atoms with Gasteiger partial charge in [0.15, 0.2) is 0 Å². The summed E-state index contributed by atoms with van der Waals surface area (Å²) < 4.78 is 5.94. The lowest BCUT2D eigenvalue weighted by Gasteiger charge is -2.44. The van der Waals surface area contributed by atoms with E-state index in [9.17, 15) is 9.59 Å². The molecule has 0 aliphatic carbocycles. The zero-order valence-corrected chi connectivity index (χ0v) is 28.3. The minimum absolute atomic E-state index is 0.0765. The number of carbonyl (C=O) groups is 2. The molecule has 6 heteroatoms. The Balaban J connectivity index is 1.82. The second-order valence-corrected chi connectivity index (χ2v) is 14.4. The highest BCUT2D eigenvalue weighted by atomic mass is 16.5. The first-order chi connectivity index (χ1) is 20.6. The maximum Gasteiger partial charge on any atom is 0.241 e. The summed E-state index contributed by atoms with van der Waals surface area (Å²) in [6, 6.07) is 25.1. The van der Waals surface area contributed by atoms with E-state index in [1.807, 2.05) is 82.4 Å². The summed E-state index contributed by atoms with van der Waals surface area (Å²) in [4.78, 5) is 31.4. The van der Waals surface area contributed by atoms with E-state index in [1.165, 1.54) is 5.56 Å². The van der Waals surface area contributed by atoms with E-state index >= 15 is 0 Å². The SMILES string of the molecule is CC(C)CC(C(=O)N(C(Cc1ccc(OCc2ccccc2)cc1)C(N)=O)C(C)(C)C)N(C)Cc1ccc(C(C)(C)C)cc1. The Morgan fingerprint density at radius 1 is 0.773 bits per heavy atom. The molecule has 3 aromatic rings. The van der Waals surface area contributed by atoms with Crippen LogP contribution in [0.2, 0.25) is 0 Å². The van der Waals surface area contributed by atoms with Crippen molar-refractivity contribution in [2.24, 2.45) is 11.7 Å². The molecule has 0 fully saturated rings. The molecule has 2 unspecified atom stereocenters. The van der Waals surface area contributed by atoms with Crippen LogP contribution in [-0.4, -0.2) is 46.3 Å². The molecule has 2 amide bonds. The Morgan fingerprint density at radius 3 is 1.84 bits per heavy atom. The summed E-state index contributed by atoms with van der Waals surface area (Å²) in [5.74, 6) is 0.436. The number of hydrogen-bond donors (Lipinski definition) is 1. The van der Waals surface area contributed by atoms with Crippen molar-refractivity contribution in [1.82, 2.24) is 9.80 Å². The standard InChI is InChI=1S/C38H53N3O3/c1-27(2)23-34(40(9)25-29-15-19-31(20-16-29)37(3,4)5)36(43)41(38(6,7)8)33(35(39)42)24-28-17-21-32(22-18-28)44-26-30-13-11-10-12-14-30/h10-22,27,33-34H,23-26H2,1-9H3,(H2,39,42). The van der Waals surface area contributed by atoms with Gasteiger partial charge in [-0.25, -0.2) is 0 Å². The first-order valence-electron chi connectivity index (χ1n) is 15.7. The first-order valence-corrected chi connectivity index (χ1v) is 15.7. The number of likely N-dealkylation sites (N-methyl/N-ethyl adjacent to an activating group) is 1. The Bertz CT molecular complexity index is 1340. The number of ether oxygens (including phenoxy) is 1. The fourth-order valence-corrected chi connectivity index (χ4v) is 5.54. The van der Waals surface area contributed by atoms with Crippen molar-refractivity contribution in [1.29, 1.82) is 0 Å². The topological polar surface area (TPSA) is 75.9 Å². The van der Waals surface area contributed by atoms with Gasteiger partial charge in [-0.2, -0.15) is 0 Å². The Labute approximate surface area is 265 Å². The maximum absolute atomic E-state index is 14.5. The fourth-order valence-electron chi connectivity index (χ4n) is 5.54. The summed E-state index contributed by atoms with van der Waals surface area (Å²) in [5, 5.41) is 0. The highest BCUT2D eigenvalue weighted by molar-refractivity contribution is 5.90. The van der Waals surface area contributed by atoms with Crippen LogP contribution in [0, 0.1) is 5.92 Å². The van der Waals surface area contributed by atoms with Crippen LogP contribution >= 0.6 is 0 Å². The Morgan fingerprint density at radius 2 is 1.34 bits per heavy atom. The minimum Gasteiger partial charge on any atom is -0.489 e. The van der Waals surface area contributed by atoms with E-state index in [2.05, 4.69) is 63.8 Å². The van der Waals surface area contributed by atoms with Crippen molar-refractivity contribution in [3.8, 4) is 5.75 Å². The first kappa shape index (κ1) is 34.8. The van der Waals surface area contributed by atoms with Crippen LogP contribution < -0.4 is 10.5 Å². The fraction of sp³-hybridized carbons (Fsp3) is 0.474. The summed E-state index contributed by atoms with van der Waals surface area (Å²) in [7, 11) is 2.00. The monoisotopic (exact) mass is 599 g/mol. The molecule has 0 aromatic heterocycles. The van der Waals surface area contributed by atoms with Crippen LogP contribution in [0.4, 0.5) is 0 Å². The van der Waals surface area contributed by atoms with Gasteiger partial charge in [-0.3, -0.25) is 14.5 Å². The molecule has 3 aromatic carbocycles. The van der Waals surface area contributed by atoms with Crippen molar-refractivity contribution >= 4 is 11.8 Å². The third kappa shape index (κ3) is 9.95. The van der Waals surface area contributed by atoms with E-state index in [4.69, 9.17) is 10.5 Å². The maximum atomic E-state index is 14.5. The van der Waals surface area contributed by atoms with Crippen LogP contribution in [0.1, 0.15) is 84.1 Å². The third-order valence-electron chi connectivity index (χ3n) is 7.96. The highest BCUT2D eigenvalue weighted by Gasteiger charge is 2.40. The average molecular weight is 600 g/mol. The van der Waals surface area contributed by atoms with Gasteiger partial charge in [-0.05, 0) is 80.0 Å². The highest BCUT2D eigenvalue weighted by Crippen LogP contribution is 2.27. The molecule has 238 valence electrons. The molecule has 0 saturated carbocycles. The van der Waals surface area contributed by atoms with Crippen molar-refractivity contribution in [2.75, 3.05) is 7.05 Å². The molecule has 6 nitrogen and oxygen atoms in total. The van der Waals surface area contributed by atoms with E-state index in [0.717, 1.165) is 22.4 Å². The van der Waals surface area contributed by atoms with E-state index < -0.39 is 23.5 Å². The lowest BCUT2D eigenvalue weighted by atomic mass is 9.86. The van der Waals surface area contributed by atoms with Gasteiger partial charge >= 0.3 is 0 Å². The summed E-state index contributed by atoms with van der Waals surface area (Å²) in [6.45, 7) is 17.9. The molecule has 0 aliphatic rings. The quantitative estimate of drug-likeness (QED) is 0.227. The summed E-state index contributed by atoms with van der Waals surface area (Å²) >= 11 is 0. The summed E-state index contributed by atoms with van der Waals surface area (Å²) in [5.41, 5.74) is 9.91. The van der Waals surface area contributed by atoms with Gasteiger partial charge in [0.25, 0.3) is 0 Å². The Hall–Kier alpha value is -3.64. The van der Waals surface area contributed by atoms with Gasteiger partial charge in [0.2, 0.25) is 11.8 Å². The lowest BCUT2D eigenvalue weighted by molar-refractivity contribution is -0.150. The van der Waals surface area contributed by atoms with Crippen molar-refractivity contribution in [3.05, 3.63) is 101 Å². The number of carbonyl (C=O) groups excluding carboxylic acids is 2. The third-order valence-corrected chi connectivity index (χ3v) is 7.96. The molecule has 44 heavy (non-hydrogen) atoms. The van der Waals surface area contributed by atoms with E-state index in [1.54, 1.807) is 4.90 Å². The number of primary amides is 1. The van der Waals surface area contributed by atoms with Crippen LogP contribution in [-0.2, 0) is 34.6 Å². The number of nitrogens with zero attached hydrogens (tertiary/aromatic N) is 2. The number of hydrogen-bond acceptors (Lipinski definition) is 4. The largest absolute Gasteiger partial charge is 0.489 e. The lowest BCUT2D eigenvalue weighted by Crippen LogP contribution is -2.61. The molecular weight excluding hydrogens is 546 g/mol. The number of nitrogens with two attached hydrogens (primary N) is 1. The van der Waals surface area contributed by atoms with E-state index in [-0.39, 0.29) is 17.2 Å². The molecule has 0 bridgehead atoms. The molecule has 0 radical (unpaired) electrons. The predicted molar refractivity (Wildman–Crippen MR) is 180 cm³/mol. The van der Waals surface area contributed by atoms with Gasteiger partial charge in [0.1, 0.15) is 18.4 Å². The normalized spacial score (nSPS) is 13.5. The minimum atomic E-state index is -0.798. The van der Waals surface area contributed by atoms with E-state index in [0.29, 0.717) is 26.0 Å². The Kier molecular flexibility index (Phi) is 11.8. The molecule has 0 heterocycles. The van der Waals surface area contributed by atoms with Gasteiger partial charge in [0, 0.05) is 18.5 Å². The molecule has 0 spiro atoms. The molecule has 2 N–H and O–H groups in total.